The van der Waals surface area contributed by atoms with Crippen LogP contribution in [0.25, 0.3) is 0 Å². The fraction of sp³-hybridized carbons (Fsp3) is 0.208. The monoisotopic (exact) mass is 450 g/mol. The quantitative estimate of drug-likeness (QED) is 0.373. The maximum Gasteiger partial charge on any atom is 0.276 e. The first-order valence-corrected chi connectivity index (χ1v) is 11.8. The molecule has 0 bridgehead atoms. The van der Waals surface area contributed by atoms with Gasteiger partial charge >= 0.3 is 0 Å². The number of hydrazone groups is 1. The summed E-state index contributed by atoms with van der Waals surface area (Å²) in [4.78, 5) is 18.7. The lowest BCUT2D eigenvalue weighted by Crippen LogP contribution is -2.20. The number of benzene rings is 2. The van der Waals surface area contributed by atoms with E-state index in [9.17, 15) is 13.2 Å². The highest BCUT2D eigenvalue weighted by atomic mass is 32.2. The standard InChI is InChI=1S/C24H26N4O3S/c1-3-4-7-19-11-13-23(14-12-19)32(30,31)28-27-18(2)20-8-5-10-22(16-20)26-24(29)21-9-6-15-25-17-21/h5-6,8-17,28H,3-4,7H2,1-2H3,(H,26,29). The first kappa shape index (κ1) is 23.1. The Kier molecular flexibility index (Phi) is 7.72. The van der Waals surface area contributed by atoms with Crippen molar-refractivity contribution in [3.05, 3.63) is 89.7 Å². The van der Waals surface area contributed by atoms with Crippen LogP contribution in [0.4, 0.5) is 5.69 Å². The van der Waals surface area contributed by atoms with Crippen LogP contribution in [0.5, 0.6) is 0 Å². The summed E-state index contributed by atoms with van der Waals surface area (Å²) in [7, 11) is -3.78. The van der Waals surface area contributed by atoms with Crippen LogP contribution >= 0.6 is 0 Å². The summed E-state index contributed by atoms with van der Waals surface area (Å²) in [5, 5.41) is 6.85. The van der Waals surface area contributed by atoms with Gasteiger partial charge in [0.25, 0.3) is 15.9 Å². The Morgan fingerprint density at radius 3 is 2.47 bits per heavy atom. The maximum atomic E-state index is 12.6. The number of aryl methyl sites for hydroxylation is 1. The number of rotatable bonds is 9. The molecule has 2 aromatic carbocycles. The molecule has 2 N–H and O–H groups in total. The van der Waals surface area contributed by atoms with E-state index >= 15 is 0 Å². The number of sulfonamides is 1. The molecule has 1 aromatic heterocycles. The van der Waals surface area contributed by atoms with Gasteiger partial charge in [0.1, 0.15) is 0 Å². The van der Waals surface area contributed by atoms with E-state index in [0.29, 0.717) is 22.5 Å². The zero-order valence-corrected chi connectivity index (χ0v) is 18.9. The van der Waals surface area contributed by atoms with Gasteiger partial charge in [0.2, 0.25) is 0 Å². The molecule has 32 heavy (non-hydrogen) atoms. The van der Waals surface area contributed by atoms with Crippen molar-refractivity contribution in [2.75, 3.05) is 5.32 Å². The number of amides is 1. The van der Waals surface area contributed by atoms with Gasteiger partial charge in [0.05, 0.1) is 16.2 Å². The number of nitrogens with one attached hydrogen (secondary N) is 2. The molecule has 0 unspecified atom stereocenters. The molecule has 0 radical (unpaired) electrons. The summed E-state index contributed by atoms with van der Waals surface area (Å²) in [6.07, 6.45) is 6.16. The van der Waals surface area contributed by atoms with E-state index in [4.69, 9.17) is 0 Å². The second-order valence-corrected chi connectivity index (χ2v) is 8.98. The van der Waals surface area contributed by atoms with Gasteiger partial charge in [-0.25, -0.2) is 0 Å². The Bertz CT molecular complexity index is 1190. The average Bonchev–Trinajstić information content (AvgIpc) is 2.82. The first-order valence-electron chi connectivity index (χ1n) is 10.4. The Hall–Kier alpha value is -3.52. The smallest absolute Gasteiger partial charge is 0.276 e. The number of pyridine rings is 1. The van der Waals surface area contributed by atoms with Crippen LogP contribution in [0.15, 0.2) is 83.1 Å². The minimum Gasteiger partial charge on any atom is -0.322 e. The van der Waals surface area contributed by atoms with E-state index in [1.807, 2.05) is 12.1 Å². The van der Waals surface area contributed by atoms with Gasteiger partial charge in [-0.05, 0) is 67.3 Å². The van der Waals surface area contributed by atoms with Gasteiger partial charge < -0.3 is 5.32 Å². The number of carbonyl (C=O) groups is 1. The van der Waals surface area contributed by atoms with Crippen LogP contribution in [0.2, 0.25) is 0 Å². The van der Waals surface area contributed by atoms with Crippen LogP contribution in [0.3, 0.4) is 0 Å². The molecule has 1 heterocycles. The minimum atomic E-state index is -3.78. The highest BCUT2D eigenvalue weighted by Crippen LogP contribution is 2.15. The summed E-state index contributed by atoms with van der Waals surface area (Å²) in [5.74, 6) is -0.284. The van der Waals surface area contributed by atoms with Crippen molar-refractivity contribution in [1.82, 2.24) is 9.82 Å². The number of anilines is 1. The molecule has 0 saturated carbocycles. The number of hydrogen-bond donors (Lipinski definition) is 2. The number of carbonyl (C=O) groups excluding carboxylic acids is 1. The molecule has 3 aromatic rings. The number of hydrogen-bond acceptors (Lipinski definition) is 5. The molecule has 0 aliphatic heterocycles. The summed E-state index contributed by atoms with van der Waals surface area (Å²) in [6, 6.07) is 17.2. The zero-order chi connectivity index (χ0) is 23.0. The predicted octanol–water partition coefficient (Wildman–Crippen LogP) is 4.38. The van der Waals surface area contributed by atoms with Crippen molar-refractivity contribution in [3.8, 4) is 0 Å². The van der Waals surface area contributed by atoms with Gasteiger partial charge in [0, 0.05) is 18.1 Å². The predicted molar refractivity (Wildman–Crippen MR) is 126 cm³/mol. The van der Waals surface area contributed by atoms with Crippen molar-refractivity contribution in [1.29, 1.82) is 0 Å². The molecule has 8 heteroatoms. The van der Waals surface area contributed by atoms with Crippen LogP contribution in [-0.2, 0) is 16.4 Å². The van der Waals surface area contributed by atoms with Gasteiger partial charge in [-0.1, -0.05) is 37.6 Å². The zero-order valence-electron chi connectivity index (χ0n) is 18.1. The second-order valence-electron chi connectivity index (χ2n) is 7.32. The Morgan fingerprint density at radius 1 is 1.03 bits per heavy atom. The lowest BCUT2D eigenvalue weighted by Gasteiger charge is -2.09. The molecule has 7 nitrogen and oxygen atoms in total. The molecule has 0 saturated heterocycles. The lowest BCUT2D eigenvalue weighted by molar-refractivity contribution is 0.102. The van der Waals surface area contributed by atoms with Crippen molar-refractivity contribution < 1.29 is 13.2 Å². The number of unbranched alkanes of at least 4 members (excludes halogenated alkanes) is 1. The third kappa shape index (κ3) is 6.24. The van der Waals surface area contributed by atoms with E-state index in [2.05, 4.69) is 27.2 Å². The van der Waals surface area contributed by atoms with Crippen LogP contribution < -0.4 is 10.1 Å². The maximum absolute atomic E-state index is 12.6. The molecular weight excluding hydrogens is 424 g/mol. The summed E-state index contributed by atoms with van der Waals surface area (Å²) in [5.41, 5.74) is 3.25. The Labute approximate surface area is 188 Å². The molecular formula is C24H26N4O3S. The van der Waals surface area contributed by atoms with Crippen molar-refractivity contribution in [2.24, 2.45) is 5.10 Å². The molecule has 0 spiro atoms. The van der Waals surface area contributed by atoms with Crippen molar-refractivity contribution in [2.45, 2.75) is 38.0 Å². The van der Waals surface area contributed by atoms with E-state index in [1.165, 1.54) is 6.20 Å². The fourth-order valence-electron chi connectivity index (χ4n) is 2.98. The number of aromatic nitrogens is 1. The third-order valence-electron chi connectivity index (χ3n) is 4.85. The first-order chi connectivity index (χ1) is 15.4. The SMILES string of the molecule is CCCCc1ccc(S(=O)(=O)NN=C(C)c2cccc(NC(=O)c3cccnc3)c2)cc1. The molecule has 0 aliphatic rings. The van der Waals surface area contributed by atoms with Crippen LogP contribution in [0.1, 0.15) is 48.2 Å². The van der Waals surface area contributed by atoms with E-state index in [-0.39, 0.29) is 10.8 Å². The van der Waals surface area contributed by atoms with Gasteiger partial charge in [-0.3, -0.25) is 9.78 Å². The van der Waals surface area contributed by atoms with Crippen molar-refractivity contribution >= 4 is 27.3 Å². The topological polar surface area (TPSA) is 101 Å². The fourth-order valence-corrected chi connectivity index (χ4v) is 3.84. The largest absolute Gasteiger partial charge is 0.322 e. The molecule has 3 rings (SSSR count). The lowest BCUT2D eigenvalue weighted by atomic mass is 10.1. The third-order valence-corrected chi connectivity index (χ3v) is 6.07. The summed E-state index contributed by atoms with van der Waals surface area (Å²) in [6.45, 7) is 3.81. The second kappa shape index (κ2) is 10.7. The minimum absolute atomic E-state index is 0.159. The highest BCUT2D eigenvalue weighted by Gasteiger charge is 2.13. The molecule has 166 valence electrons. The Balaban J connectivity index is 1.69. The summed E-state index contributed by atoms with van der Waals surface area (Å²) >= 11 is 0. The van der Waals surface area contributed by atoms with E-state index in [1.54, 1.807) is 61.7 Å². The molecule has 0 atom stereocenters. The normalized spacial score (nSPS) is 11.8. The van der Waals surface area contributed by atoms with E-state index < -0.39 is 10.0 Å². The molecule has 1 amide bonds. The van der Waals surface area contributed by atoms with Crippen LogP contribution in [0, 0.1) is 0 Å². The van der Waals surface area contributed by atoms with Crippen molar-refractivity contribution in [3.63, 3.8) is 0 Å². The van der Waals surface area contributed by atoms with Gasteiger partial charge in [0.15, 0.2) is 0 Å². The average molecular weight is 451 g/mol. The summed E-state index contributed by atoms with van der Waals surface area (Å²) < 4.78 is 25.2. The molecule has 0 aliphatic carbocycles. The van der Waals surface area contributed by atoms with Gasteiger partial charge in [-0.2, -0.15) is 18.4 Å². The Morgan fingerprint density at radius 2 is 1.78 bits per heavy atom. The number of nitrogens with zero attached hydrogens (tertiary/aromatic N) is 2. The molecule has 0 fully saturated rings. The van der Waals surface area contributed by atoms with Gasteiger partial charge in [-0.15, -0.1) is 0 Å². The van der Waals surface area contributed by atoms with Crippen LogP contribution in [-0.4, -0.2) is 25.0 Å². The highest BCUT2D eigenvalue weighted by molar-refractivity contribution is 7.89. The van der Waals surface area contributed by atoms with E-state index in [0.717, 1.165) is 24.8 Å².